The first kappa shape index (κ1) is 12.5. The maximum Gasteiger partial charge on any atom is 0.315 e. The zero-order chi connectivity index (χ0) is 12.8. The maximum absolute atomic E-state index is 5.46. The second-order valence-electron chi connectivity index (χ2n) is 3.95. The minimum Gasteiger partial charge on any atom is -0.406 e. The van der Waals surface area contributed by atoms with Crippen molar-refractivity contribution < 1.29 is 4.42 Å². The molecular formula is C12H17N5O. The lowest BCUT2D eigenvalue weighted by Crippen LogP contribution is -2.12. The molecule has 0 aliphatic rings. The third-order valence-electron chi connectivity index (χ3n) is 2.63. The van der Waals surface area contributed by atoms with Gasteiger partial charge in [-0.2, -0.15) is 0 Å². The fourth-order valence-electron chi connectivity index (χ4n) is 1.45. The Balaban J connectivity index is 1.82. The lowest BCUT2D eigenvalue weighted by atomic mass is 10.3. The molecule has 2 aromatic rings. The van der Waals surface area contributed by atoms with Gasteiger partial charge in [0.2, 0.25) is 5.89 Å². The average Bonchev–Trinajstić information content (AvgIpc) is 2.88. The fraction of sp³-hybridized carbons (Fsp3) is 0.417. The molecule has 0 aliphatic carbocycles. The molecule has 2 aromatic heterocycles. The van der Waals surface area contributed by atoms with Gasteiger partial charge < -0.3 is 15.1 Å². The van der Waals surface area contributed by atoms with Gasteiger partial charge in [-0.05, 0) is 26.1 Å². The fourth-order valence-corrected chi connectivity index (χ4v) is 1.45. The molecule has 0 bridgehead atoms. The molecule has 0 saturated heterocycles. The average molecular weight is 247 g/mol. The quantitative estimate of drug-likeness (QED) is 0.803. The van der Waals surface area contributed by atoms with E-state index in [4.69, 9.17) is 4.42 Å². The lowest BCUT2D eigenvalue weighted by molar-refractivity contribution is 0.441. The van der Waals surface area contributed by atoms with Crippen LogP contribution < -0.4 is 10.6 Å². The number of anilines is 1. The first-order valence-corrected chi connectivity index (χ1v) is 5.94. The molecule has 6 heteroatoms. The first-order valence-electron chi connectivity index (χ1n) is 5.94. The van der Waals surface area contributed by atoms with Crippen LogP contribution in [0, 0.1) is 0 Å². The normalized spacial score (nSPS) is 12.3. The SMILES string of the molecule is CNC(C)c1nnc(NCCc2ccccn2)o1. The van der Waals surface area contributed by atoms with E-state index in [1.807, 2.05) is 32.2 Å². The minimum absolute atomic E-state index is 0.0591. The number of hydrogen-bond acceptors (Lipinski definition) is 6. The number of nitrogens with one attached hydrogen (secondary N) is 2. The van der Waals surface area contributed by atoms with Crippen LogP contribution in [0.15, 0.2) is 28.8 Å². The molecule has 0 aliphatic heterocycles. The Bertz CT molecular complexity index is 470. The van der Waals surface area contributed by atoms with Crippen LogP contribution in [0.1, 0.15) is 24.6 Å². The van der Waals surface area contributed by atoms with Gasteiger partial charge in [-0.1, -0.05) is 11.2 Å². The number of pyridine rings is 1. The summed E-state index contributed by atoms with van der Waals surface area (Å²) in [6.07, 6.45) is 2.61. The summed E-state index contributed by atoms with van der Waals surface area (Å²) < 4.78 is 5.46. The van der Waals surface area contributed by atoms with Gasteiger partial charge in [0.15, 0.2) is 0 Å². The number of hydrogen-bond donors (Lipinski definition) is 2. The Hall–Kier alpha value is -1.95. The second kappa shape index (κ2) is 6.11. The molecule has 18 heavy (non-hydrogen) atoms. The summed E-state index contributed by atoms with van der Waals surface area (Å²) in [4.78, 5) is 4.24. The molecule has 0 aromatic carbocycles. The van der Waals surface area contributed by atoms with E-state index in [0.29, 0.717) is 18.5 Å². The van der Waals surface area contributed by atoms with E-state index in [0.717, 1.165) is 12.1 Å². The van der Waals surface area contributed by atoms with Gasteiger partial charge in [0.25, 0.3) is 0 Å². The molecule has 6 nitrogen and oxygen atoms in total. The van der Waals surface area contributed by atoms with E-state index in [-0.39, 0.29) is 6.04 Å². The second-order valence-corrected chi connectivity index (χ2v) is 3.95. The molecule has 96 valence electrons. The van der Waals surface area contributed by atoms with Crippen molar-refractivity contribution in [3.63, 3.8) is 0 Å². The summed E-state index contributed by atoms with van der Waals surface area (Å²) in [6, 6.07) is 6.37. The Morgan fingerprint density at radius 1 is 1.33 bits per heavy atom. The molecule has 0 saturated carbocycles. The molecule has 1 unspecified atom stereocenters. The monoisotopic (exact) mass is 247 g/mol. The standard InChI is InChI=1S/C12H17N5O/c1-9(13-2)11-16-17-12(18-11)15-8-6-10-5-3-4-7-14-10/h3-5,7,9,13H,6,8H2,1-2H3,(H,15,17). The van der Waals surface area contributed by atoms with Crippen molar-refractivity contribution in [2.45, 2.75) is 19.4 Å². The Morgan fingerprint density at radius 3 is 2.94 bits per heavy atom. The summed E-state index contributed by atoms with van der Waals surface area (Å²) in [5, 5.41) is 14.0. The van der Waals surface area contributed by atoms with Crippen LogP contribution in [0.5, 0.6) is 0 Å². The van der Waals surface area contributed by atoms with Gasteiger partial charge in [-0.25, -0.2) is 0 Å². The van der Waals surface area contributed by atoms with E-state index < -0.39 is 0 Å². The topological polar surface area (TPSA) is 75.9 Å². The molecule has 2 rings (SSSR count). The predicted octanol–water partition coefficient (Wildman–Crippen LogP) is 1.40. The molecule has 0 fully saturated rings. The van der Waals surface area contributed by atoms with Crippen LogP contribution in [0.2, 0.25) is 0 Å². The van der Waals surface area contributed by atoms with Crippen molar-refractivity contribution in [2.24, 2.45) is 0 Å². The summed E-state index contributed by atoms with van der Waals surface area (Å²) >= 11 is 0. The number of nitrogens with zero attached hydrogens (tertiary/aromatic N) is 3. The Labute approximate surface area is 106 Å². The molecule has 2 N–H and O–H groups in total. The molecule has 0 spiro atoms. The van der Waals surface area contributed by atoms with E-state index in [1.165, 1.54) is 0 Å². The van der Waals surface area contributed by atoms with Gasteiger partial charge in [-0.15, -0.1) is 5.10 Å². The summed E-state index contributed by atoms with van der Waals surface area (Å²) in [5.41, 5.74) is 1.04. The highest BCUT2D eigenvalue weighted by atomic mass is 16.4. The maximum atomic E-state index is 5.46. The van der Waals surface area contributed by atoms with E-state index in [1.54, 1.807) is 6.20 Å². The highest BCUT2D eigenvalue weighted by Crippen LogP contribution is 2.12. The van der Waals surface area contributed by atoms with Crippen molar-refractivity contribution in [3.05, 3.63) is 36.0 Å². The molecule has 2 heterocycles. The third-order valence-corrected chi connectivity index (χ3v) is 2.63. The molecular weight excluding hydrogens is 230 g/mol. The summed E-state index contributed by atoms with van der Waals surface area (Å²) in [5.74, 6) is 0.581. The molecule has 0 radical (unpaired) electrons. The van der Waals surface area contributed by atoms with Gasteiger partial charge in [0.1, 0.15) is 0 Å². The van der Waals surface area contributed by atoms with Crippen LogP contribution >= 0.6 is 0 Å². The number of aromatic nitrogens is 3. The largest absolute Gasteiger partial charge is 0.406 e. The van der Waals surface area contributed by atoms with Crippen LogP contribution in [0.4, 0.5) is 6.01 Å². The first-order chi connectivity index (χ1) is 8.79. The third kappa shape index (κ3) is 3.27. The van der Waals surface area contributed by atoms with Gasteiger partial charge >= 0.3 is 6.01 Å². The van der Waals surface area contributed by atoms with Gasteiger partial charge in [0, 0.05) is 24.9 Å². The van der Waals surface area contributed by atoms with Crippen molar-refractivity contribution in [3.8, 4) is 0 Å². The van der Waals surface area contributed by atoms with Gasteiger partial charge in [-0.3, -0.25) is 4.98 Å². The van der Waals surface area contributed by atoms with Crippen molar-refractivity contribution in [1.29, 1.82) is 0 Å². The highest BCUT2D eigenvalue weighted by Gasteiger charge is 2.11. The lowest BCUT2D eigenvalue weighted by Gasteiger charge is -2.03. The van der Waals surface area contributed by atoms with Crippen LogP contribution in [-0.2, 0) is 6.42 Å². The van der Waals surface area contributed by atoms with Crippen molar-refractivity contribution in [2.75, 3.05) is 18.9 Å². The molecule has 0 amide bonds. The minimum atomic E-state index is 0.0591. The highest BCUT2D eigenvalue weighted by molar-refractivity contribution is 5.18. The van der Waals surface area contributed by atoms with Crippen molar-refractivity contribution in [1.82, 2.24) is 20.5 Å². The smallest absolute Gasteiger partial charge is 0.315 e. The van der Waals surface area contributed by atoms with Crippen LogP contribution in [0.25, 0.3) is 0 Å². The Kier molecular flexibility index (Phi) is 4.25. The zero-order valence-electron chi connectivity index (χ0n) is 10.6. The Morgan fingerprint density at radius 2 is 2.22 bits per heavy atom. The predicted molar refractivity (Wildman–Crippen MR) is 68.2 cm³/mol. The number of rotatable bonds is 6. The van der Waals surface area contributed by atoms with E-state index in [2.05, 4.69) is 25.8 Å². The van der Waals surface area contributed by atoms with Gasteiger partial charge in [0.05, 0.1) is 6.04 Å². The molecule has 1 atom stereocenters. The van der Waals surface area contributed by atoms with Crippen LogP contribution in [-0.4, -0.2) is 28.8 Å². The summed E-state index contributed by atoms with van der Waals surface area (Å²) in [7, 11) is 1.85. The zero-order valence-corrected chi connectivity index (χ0v) is 10.6. The van der Waals surface area contributed by atoms with Crippen molar-refractivity contribution >= 4 is 6.01 Å². The summed E-state index contributed by atoms with van der Waals surface area (Å²) in [6.45, 7) is 2.68. The van der Waals surface area contributed by atoms with E-state index >= 15 is 0 Å². The van der Waals surface area contributed by atoms with E-state index in [9.17, 15) is 0 Å². The van der Waals surface area contributed by atoms with Crippen LogP contribution in [0.3, 0.4) is 0 Å².